The number of rotatable bonds is 3. The molecule has 1 aliphatic heterocycles. The summed E-state index contributed by atoms with van der Waals surface area (Å²) >= 11 is 0. The van der Waals surface area contributed by atoms with Crippen molar-refractivity contribution in [3.63, 3.8) is 0 Å². The SMILES string of the molecule is COCC(N)C1CCCO1. The van der Waals surface area contributed by atoms with E-state index in [-0.39, 0.29) is 12.1 Å². The van der Waals surface area contributed by atoms with Crippen molar-refractivity contribution in [1.82, 2.24) is 0 Å². The number of nitrogens with two attached hydrogens (primary N) is 1. The molecule has 0 saturated carbocycles. The highest BCUT2D eigenvalue weighted by Gasteiger charge is 2.22. The Bertz CT molecular complexity index is 91.6. The lowest BCUT2D eigenvalue weighted by Gasteiger charge is -2.16. The summed E-state index contributed by atoms with van der Waals surface area (Å²) in [5.74, 6) is 0. The molecule has 0 aliphatic carbocycles. The van der Waals surface area contributed by atoms with Gasteiger partial charge in [-0.25, -0.2) is 0 Å². The minimum absolute atomic E-state index is 0.0625. The van der Waals surface area contributed by atoms with Crippen molar-refractivity contribution in [2.75, 3.05) is 20.3 Å². The van der Waals surface area contributed by atoms with Gasteiger partial charge in [-0.2, -0.15) is 0 Å². The predicted octanol–water partition coefficient (Wildman–Crippen LogP) is 0.139. The van der Waals surface area contributed by atoms with Crippen molar-refractivity contribution < 1.29 is 9.47 Å². The lowest BCUT2D eigenvalue weighted by Crippen LogP contribution is -2.37. The molecule has 0 aromatic rings. The van der Waals surface area contributed by atoms with Crippen molar-refractivity contribution in [1.29, 1.82) is 0 Å². The lowest BCUT2D eigenvalue weighted by molar-refractivity contribution is 0.0572. The maximum atomic E-state index is 5.74. The highest BCUT2D eigenvalue weighted by Crippen LogP contribution is 2.14. The molecular weight excluding hydrogens is 130 g/mol. The molecule has 2 N–H and O–H groups in total. The second kappa shape index (κ2) is 3.91. The summed E-state index contributed by atoms with van der Waals surface area (Å²) in [6.45, 7) is 1.47. The molecule has 0 spiro atoms. The number of methoxy groups -OCH3 is 1. The van der Waals surface area contributed by atoms with Crippen LogP contribution in [0.1, 0.15) is 12.8 Å². The zero-order valence-corrected chi connectivity index (χ0v) is 6.38. The maximum absolute atomic E-state index is 5.74. The molecule has 0 amide bonds. The number of hydrogen-bond donors (Lipinski definition) is 1. The van der Waals surface area contributed by atoms with Gasteiger partial charge in [0.25, 0.3) is 0 Å². The first-order chi connectivity index (χ1) is 4.84. The summed E-state index contributed by atoms with van der Waals surface area (Å²) in [7, 11) is 1.66. The van der Waals surface area contributed by atoms with Gasteiger partial charge in [0.2, 0.25) is 0 Å². The summed E-state index contributed by atoms with van der Waals surface area (Å²) in [4.78, 5) is 0. The lowest BCUT2D eigenvalue weighted by atomic mass is 10.1. The molecule has 3 nitrogen and oxygen atoms in total. The van der Waals surface area contributed by atoms with Gasteiger partial charge in [-0.3, -0.25) is 0 Å². The van der Waals surface area contributed by atoms with E-state index in [2.05, 4.69) is 0 Å². The van der Waals surface area contributed by atoms with Gasteiger partial charge in [-0.1, -0.05) is 0 Å². The molecule has 60 valence electrons. The molecule has 1 saturated heterocycles. The number of hydrogen-bond acceptors (Lipinski definition) is 3. The quantitative estimate of drug-likeness (QED) is 0.614. The Morgan fingerprint density at radius 3 is 3.10 bits per heavy atom. The standard InChI is InChI=1S/C7H15NO2/c1-9-5-6(8)7-3-2-4-10-7/h6-7H,2-5,8H2,1H3. The van der Waals surface area contributed by atoms with Crippen molar-refractivity contribution in [2.24, 2.45) is 5.73 Å². The summed E-state index contributed by atoms with van der Waals surface area (Å²) < 4.78 is 10.3. The first kappa shape index (κ1) is 7.98. The molecule has 1 rings (SSSR count). The fourth-order valence-corrected chi connectivity index (χ4v) is 1.24. The van der Waals surface area contributed by atoms with Crippen LogP contribution >= 0.6 is 0 Å². The van der Waals surface area contributed by atoms with E-state index in [4.69, 9.17) is 15.2 Å². The Hall–Kier alpha value is -0.120. The van der Waals surface area contributed by atoms with Crippen LogP contribution in [-0.4, -0.2) is 32.5 Å². The van der Waals surface area contributed by atoms with E-state index in [1.54, 1.807) is 7.11 Å². The van der Waals surface area contributed by atoms with Gasteiger partial charge >= 0.3 is 0 Å². The fourth-order valence-electron chi connectivity index (χ4n) is 1.24. The van der Waals surface area contributed by atoms with E-state index >= 15 is 0 Å². The average Bonchev–Trinajstić information content (AvgIpc) is 2.38. The third kappa shape index (κ3) is 1.94. The van der Waals surface area contributed by atoms with Crippen LogP contribution in [-0.2, 0) is 9.47 Å². The Morgan fingerprint density at radius 1 is 1.80 bits per heavy atom. The van der Waals surface area contributed by atoms with E-state index in [1.807, 2.05) is 0 Å². The average molecular weight is 145 g/mol. The van der Waals surface area contributed by atoms with Gasteiger partial charge in [0, 0.05) is 13.7 Å². The van der Waals surface area contributed by atoms with Crippen molar-refractivity contribution in [2.45, 2.75) is 25.0 Å². The normalized spacial score (nSPS) is 28.8. The van der Waals surface area contributed by atoms with Crippen LogP contribution in [0.3, 0.4) is 0 Å². The second-order valence-electron chi connectivity index (χ2n) is 2.67. The van der Waals surface area contributed by atoms with Crippen LogP contribution < -0.4 is 5.73 Å². The minimum Gasteiger partial charge on any atom is -0.383 e. The molecule has 0 aromatic carbocycles. The molecule has 1 heterocycles. The van der Waals surface area contributed by atoms with Crippen LogP contribution in [0.5, 0.6) is 0 Å². The molecule has 3 heteroatoms. The molecule has 1 fully saturated rings. The van der Waals surface area contributed by atoms with Gasteiger partial charge in [0.15, 0.2) is 0 Å². The Kier molecular flexibility index (Phi) is 3.12. The molecule has 2 unspecified atom stereocenters. The zero-order valence-electron chi connectivity index (χ0n) is 6.38. The monoisotopic (exact) mass is 145 g/mol. The smallest absolute Gasteiger partial charge is 0.0749 e. The van der Waals surface area contributed by atoms with Gasteiger partial charge in [0.1, 0.15) is 0 Å². The molecule has 2 atom stereocenters. The van der Waals surface area contributed by atoms with Crippen molar-refractivity contribution in [3.8, 4) is 0 Å². The zero-order chi connectivity index (χ0) is 7.40. The van der Waals surface area contributed by atoms with Gasteiger partial charge in [0.05, 0.1) is 18.8 Å². The Balaban J connectivity index is 2.18. The summed E-state index contributed by atoms with van der Waals surface area (Å²) in [6.07, 6.45) is 2.46. The molecule has 0 radical (unpaired) electrons. The molecule has 1 aliphatic rings. The van der Waals surface area contributed by atoms with Crippen LogP contribution in [0.15, 0.2) is 0 Å². The minimum atomic E-state index is 0.0625. The molecule has 0 aromatic heterocycles. The first-order valence-corrected chi connectivity index (χ1v) is 3.70. The predicted molar refractivity (Wildman–Crippen MR) is 38.8 cm³/mol. The highest BCUT2D eigenvalue weighted by molar-refractivity contribution is 4.76. The molecule has 0 bridgehead atoms. The first-order valence-electron chi connectivity index (χ1n) is 3.70. The van der Waals surface area contributed by atoms with E-state index in [9.17, 15) is 0 Å². The number of ether oxygens (including phenoxy) is 2. The second-order valence-corrected chi connectivity index (χ2v) is 2.67. The van der Waals surface area contributed by atoms with E-state index < -0.39 is 0 Å². The van der Waals surface area contributed by atoms with Crippen LogP contribution in [0.4, 0.5) is 0 Å². The Morgan fingerprint density at radius 2 is 2.60 bits per heavy atom. The fraction of sp³-hybridized carbons (Fsp3) is 1.00. The van der Waals surface area contributed by atoms with Gasteiger partial charge in [-0.15, -0.1) is 0 Å². The van der Waals surface area contributed by atoms with Crippen LogP contribution in [0.25, 0.3) is 0 Å². The summed E-state index contributed by atoms with van der Waals surface area (Å²) in [5.41, 5.74) is 5.74. The topological polar surface area (TPSA) is 44.5 Å². The van der Waals surface area contributed by atoms with Crippen LogP contribution in [0.2, 0.25) is 0 Å². The Labute approximate surface area is 61.5 Å². The van der Waals surface area contributed by atoms with E-state index in [0.29, 0.717) is 6.61 Å². The van der Waals surface area contributed by atoms with E-state index in [0.717, 1.165) is 19.4 Å². The summed E-state index contributed by atoms with van der Waals surface area (Å²) in [6, 6.07) is 0.0625. The third-order valence-corrected chi connectivity index (χ3v) is 1.80. The van der Waals surface area contributed by atoms with Gasteiger partial charge < -0.3 is 15.2 Å². The van der Waals surface area contributed by atoms with Gasteiger partial charge in [-0.05, 0) is 12.8 Å². The molecule has 10 heavy (non-hydrogen) atoms. The maximum Gasteiger partial charge on any atom is 0.0749 e. The van der Waals surface area contributed by atoms with Crippen molar-refractivity contribution in [3.05, 3.63) is 0 Å². The van der Waals surface area contributed by atoms with E-state index in [1.165, 1.54) is 0 Å². The largest absolute Gasteiger partial charge is 0.383 e. The molecular formula is C7H15NO2. The summed E-state index contributed by atoms with van der Waals surface area (Å²) in [5, 5.41) is 0. The van der Waals surface area contributed by atoms with Crippen molar-refractivity contribution >= 4 is 0 Å². The third-order valence-electron chi connectivity index (χ3n) is 1.80. The van der Waals surface area contributed by atoms with Crippen LogP contribution in [0, 0.1) is 0 Å². The highest BCUT2D eigenvalue weighted by atomic mass is 16.5.